The molecule has 5 aromatic rings. The number of benzene rings is 2. The summed E-state index contributed by atoms with van der Waals surface area (Å²) in [4.78, 5) is 25.1. The van der Waals surface area contributed by atoms with Gasteiger partial charge in [0.1, 0.15) is 12.0 Å². The standard InChI is InChI=1S/C30H27N5O4/c1-6-24(36)34-21-13-10-19(11-14-21)26-27-29(31-17-32-30(27)38-5)35(3)28(26)20-12-15-22(23(16-20)37-4)39-25-9-7-8-18(2)33-25/h6-17H,1H2,2-5H3,(H,34,36). The Hall–Kier alpha value is -5.18. The first kappa shape index (κ1) is 25.5. The molecule has 9 heteroatoms. The molecule has 0 fully saturated rings. The largest absolute Gasteiger partial charge is 0.493 e. The van der Waals surface area contributed by atoms with Crippen LogP contribution in [0.5, 0.6) is 23.3 Å². The van der Waals surface area contributed by atoms with Gasteiger partial charge in [-0.3, -0.25) is 4.79 Å². The number of hydrogen-bond donors (Lipinski definition) is 1. The maximum Gasteiger partial charge on any atom is 0.247 e. The molecule has 0 bridgehead atoms. The van der Waals surface area contributed by atoms with Crippen molar-refractivity contribution in [3.05, 3.63) is 85.3 Å². The van der Waals surface area contributed by atoms with E-state index in [4.69, 9.17) is 14.2 Å². The highest BCUT2D eigenvalue weighted by Gasteiger charge is 2.24. The molecule has 2 aromatic carbocycles. The number of carbonyl (C=O) groups excluding carboxylic acids is 1. The van der Waals surface area contributed by atoms with Crippen molar-refractivity contribution < 1.29 is 19.0 Å². The zero-order valence-electron chi connectivity index (χ0n) is 22.1. The average Bonchev–Trinajstić information content (AvgIpc) is 3.26. The molecular weight excluding hydrogens is 494 g/mol. The van der Waals surface area contributed by atoms with Crippen molar-refractivity contribution in [3.8, 4) is 45.6 Å². The van der Waals surface area contributed by atoms with Crippen LogP contribution >= 0.6 is 0 Å². The molecule has 0 aliphatic heterocycles. The van der Waals surface area contributed by atoms with Crippen molar-refractivity contribution in [2.24, 2.45) is 7.05 Å². The van der Waals surface area contributed by atoms with Gasteiger partial charge in [0, 0.05) is 35.6 Å². The summed E-state index contributed by atoms with van der Waals surface area (Å²) in [6, 6.07) is 18.9. The van der Waals surface area contributed by atoms with Crippen LogP contribution in [0.3, 0.4) is 0 Å². The Morgan fingerprint density at radius 2 is 1.74 bits per heavy atom. The zero-order chi connectivity index (χ0) is 27.5. The number of pyridine rings is 1. The van der Waals surface area contributed by atoms with Gasteiger partial charge in [0.2, 0.25) is 17.7 Å². The quantitative estimate of drug-likeness (QED) is 0.252. The van der Waals surface area contributed by atoms with Gasteiger partial charge in [-0.1, -0.05) is 24.8 Å². The van der Waals surface area contributed by atoms with Gasteiger partial charge in [-0.05, 0) is 55.0 Å². The van der Waals surface area contributed by atoms with Crippen LogP contribution < -0.4 is 19.5 Å². The first-order chi connectivity index (χ1) is 18.9. The van der Waals surface area contributed by atoms with Crippen molar-refractivity contribution >= 4 is 22.6 Å². The Morgan fingerprint density at radius 1 is 0.974 bits per heavy atom. The molecule has 0 radical (unpaired) electrons. The highest BCUT2D eigenvalue weighted by molar-refractivity contribution is 6.06. The summed E-state index contributed by atoms with van der Waals surface area (Å²) in [7, 11) is 5.13. The topological polar surface area (TPSA) is 100 Å². The predicted molar refractivity (Wildman–Crippen MR) is 150 cm³/mol. The third-order valence-corrected chi connectivity index (χ3v) is 6.27. The molecule has 5 rings (SSSR count). The Kier molecular flexibility index (Phi) is 6.96. The number of fused-ring (bicyclic) bond motifs is 1. The van der Waals surface area contributed by atoms with Gasteiger partial charge in [-0.15, -0.1) is 0 Å². The van der Waals surface area contributed by atoms with Crippen LogP contribution in [-0.2, 0) is 11.8 Å². The number of carbonyl (C=O) groups is 1. The van der Waals surface area contributed by atoms with E-state index in [0.717, 1.165) is 33.5 Å². The molecule has 9 nitrogen and oxygen atoms in total. The second-order valence-corrected chi connectivity index (χ2v) is 8.72. The lowest BCUT2D eigenvalue weighted by atomic mass is 9.98. The van der Waals surface area contributed by atoms with Gasteiger partial charge in [0.25, 0.3) is 0 Å². The van der Waals surface area contributed by atoms with Crippen LogP contribution in [0.25, 0.3) is 33.4 Å². The molecule has 39 heavy (non-hydrogen) atoms. The molecule has 0 atom stereocenters. The number of ether oxygens (including phenoxy) is 3. The van der Waals surface area contributed by atoms with Gasteiger partial charge in [0.05, 0.1) is 25.3 Å². The normalized spacial score (nSPS) is 10.8. The molecule has 0 saturated heterocycles. The monoisotopic (exact) mass is 521 g/mol. The molecule has 0 spiro atoms. The van der Waals surface area contributed by atoms with Gasteiger partial charge in [-0.25, -0.2) is 15.0 Å². The summed E-state index contributed by atoms with van der Waals surface area (Å²) in [5.41, 5.74) is 5.74. The van der Waals surface area contributed by atoms with Crippen molar-refractivity contribution in [3.63, 3.8) is 0 Å². The molecular formula is C30H27N5O4. The zero-order valence-corrected chi connectivity index (χ0v) is 22.1. The fourth-order valence-electron chi connectivity index (χ4n) is 4.50. The summed E-state index contributed by atoms with van der Waals surface area (Å²) >= 11 is 0. The smallest absolute Gasteiger partial charge is 0.247 e. The van der Waals surface area contributed by atoms with Crippen molar-refractivity contribution in [1.82, 2.24) is 19.5 Å². The first-order valence-corrected chi connectivity index (χ1v) is 12.1. The molecule has 1 amide bonds. The van der Waals surface area contributed by atoms with E-state index in [0.29, 0.717) is 34.6 Å². The second kappa shape index (κ2) is 10.7. The van der Waals surface area contributed by atoms with Gasteiger partial charge >= 0.3 is 0 Å². The van der Waals surface area contributed by atoms with E-state index in [1.807, 2.05) is 73.1 Å². The van der Waals surface area contributed by atoms with E-state index in [1.54, 1.807) is 20.3 Å². The van der Waals surface area contributed by atoms with Crippen LogP contribution in [0.2, 0.25) is 0 Å². The summed E-state index contributed by atoms with van der Waals surface area (Å²) in [6.45, 7) is 5.41. The Morgan fingerprint density at radius 3 is 2.44 bits per heavy atom. The van der Waals surface area contributed by atoms with Crippen LogP contribution in [0.15, 0.2) is 79.6 Å². The van der Waals surface area contributed by atoms with E-state index < -0.39 is 0 Å². The molecule has 196 valence electrons. The highest BCUT2D eigenvalue weighted by atomic mass is 16.5. The van der Waals surface area contributed by atoms with Gasteiger partial charge < -0.3 is 24.1 Å². The fraction of sp³-hybridized carbons (Fsp3) is 0.133. The summed E-state index contributed by atoms with van der Waals surface area (Å²) in [5.74, 6) is 1.75. The van der Waals surface area contributed by atoms with Crippen molar-refractivity contribution in [1.29, 1.82) is 0 Å². The SMILES string of the molecule is C=CC(=O)Nc1ccc(-c2c(-c3ccc(Oc4cccc(C)n4)c(OC)c3)n(C)c3ncnc(OC)c23)cc1. The third kappa shape index (κ3) is 4.89. The summed E-state index contributed by atoms with van der Waals surface area (Å²) < 4.78 is 19.4. The molecule has 1 N–H and O–H groups in total. The van der Waals surface area contributed by atoms with Crippen molar-refractivity contribution in [2.45, 2.75) is 6.92 Å². The maximum atomic E-state index is 11.8. The Labute approximate surface area is 225 Å². The predicted octanol–water partition coefficient (Wildman–Crippen LogP) is 5.94. The minimum absolute atomic E-state index is 0.279. The number of aromatic nitrogens is 4. The van der Waals surface area contributed by atoms with Crippen molar-refractivity contribution in [2.75, 3.05) is 19.5 Å². The van der Waals surface area contributed by atoms with E-state index in [1.165, 1.54) is 12.4 Å². The van der Waals surface area contributed by atoms with Crippen LogP contribution in [0.1, 0.15) is 5.69 Å². The summed E-state index contributed by atoms with van der Waals surface area (Å²) in [5, 5.41) is 3.55. The van der Waals surface area contributed by atoms with E-state index in [9.17, 15) is 4.79 Å². The minimum Gasteiger partial charge on any atom is -0.493 e. The third-order valence-electron chi connectivity index (χ3n) is 6.27. The second-order valence-electron chi connectivity index (χ2n) is 8.72. The summed E-state index contributed by atoms with van der Waals surface area (Å²) in [6.07, 6.45) is 2.71. The number of hydrogen-bond acceptors (Lipinski definition) is 7. The lowest BCUT2D eigenvalue weighted by molar-refractivity contribution is -0.111. The lowest BCUT2D eigenvalue weighted by Gasteiger charge is -2.14. The van der Waals surface area contributed by atoms with Gasteiger partial charge in [-0.2, -0.15) is 0 Å². The van der Waals surface area contributed by atoms with E-state index in [-0.39, 0.29) is 5.91 Å². The molecule has 3 heterocycles. The highest BCUT2D eigenvalue weighted by Crippen LogP contribution is 2.45. The Balaban J connectivity index is 1.67. The van der Waals surface area contributed by atoms with Gasteiger partial charge in [0.15, 0.2) is 11.5 Å². The minimum atomic E-state index is -0.279. The number of aryl methyl sites for hydroxylation is 2. The molecule has 0 aliphatic carbocycles. The molecule has 0 aliphatic rings. The number of nitrogens with zero attached hydrogens (tertiary/aromatic N) is 4. The molecule has 0 saturated carbocycles. The maximum absolute atomic E-state index is 11.8. The number of rotatable bonds is 8. The Bertz CT molecular complexity index is 1690. The number of amides is 1. The average molecular weight is 522 g/mol. The molecule has 0 unspecified atom stereocenters. The first-order valence-electron chi connectivity index (χ1n) is 12.1. The van der Waals surface area contributed by atoms with Crippen LogP contribution in [-0.4, -0.2) is 39.6 Å². The van der Waals surface area contributed by atoms with Crippen LogP contribution in [0.4, 0.5) is 5.69 Å². The van der Waals surface area contributed by atoms with Crippen LogP contribution in [0, 0.1) is 6.92 Å². The number of anilines is 1. The number of methoxy groups -OCH3 is 2. The van der Waals surface area contributed by atoms with E-state index in [2.05, 4.69) is 26.8 Å². The van der Waals surface area contributed by atoms with E-state index >= 15 is 0 Å². The molecule has 3 aromatic heterocycles. The fourth-order valence-corrected chi connectivity index (χ4v) is 4.50. The number of nitrogens with one attached hydrogen (secondary N) is 1. The lowest BCUT2D eigenvalue weighted by Crippen LogP contribution is -2.06.